The van der Waals surface area contributed by atoms with Gasteiger partial charge in [-0.25, -0.2) is 9.59 Å². The fraction of sp³-hybridized carbons (Fsp3) is 0. The zero-order valence-corrected chi connectivity index (χ0v) is 3.97. The Morgan fingerprint density at radius 1 is 1.12 bits per heavy atom. The number of rotatable bonds is 0. The minimum atomic E-state index is -0.938. The van der Waals surface area contributed by atoms with Crippen LogP contribution in [0.4, 0.5) is 9.59 Å². The lowest BCUT2D eigenvalue weighted by atomic mass is 10.9. The number of urea groups is 2. The fourth-order valence-corrected chi connectivity index (χ4v) is 0.121. The maximum atomic E-state index is 9.62. The van der Waals surface area contributed by atoms with Crippen LogP contribution in [-0.2, 0) is 0 Å². The largest absolute Gasteiger partial charge is 0.412 e. The molecule has 0 atom stereocenters. The van der Waals surface area contributed by atoms with Crippen LogP contribution in [0.1, 0.15) is 0 Å². The van der Waals surface area contributed by atoms with E-state index in [4.69, 9.17) is 0 Å². The van der Waals surface area contributed by atoms with Crippen LogP contribution in [-0.4, -0.2) is 17.5 Å². The molecule has 7 N–H and O–H groups in total. The van der Waals surface area contributed by atoms with Crippen molar-refractivity contribution in [1.29, 1.82) is 0 Å². The minimum absolute atomic E-state index is 0. The van der Waals surface area contributed by atoms with Gasteiger partial charge < -0.3 is 16.9 Å². The highest BCUT2D eigenvalue weighted by molar-refractivity contribution is 5.91. The first kappa shape index (κ1) is 9.85. The molecule has 0 heterocycles. The normalized spacial score (nSPS) is 6.50. The van der Waals surface area contributed by atoms with E-state index in [1.54, 1.807) is 5.32 Å². The summed E-state index contributed by atoms with van der Waals surface area (Å²) in [6.07, 6.45) is 0. The number of primary amides is 2. The van der Waals surface area contributed by atoms with E-state index < -0.39 is 12.1 Å². The first-order chi connectivity index (χ1) is 3.13. The smallest absolute Gasteiger partial charge is 0.320 e. The van der Waals surface area contributed by atoms with Gasteiger partial charge in [-0.15, -0.1) is 0 Å². The molecule has 0 unspecified atom stereocenters. The maximum Gasteiger partial charge on any atom is 0.320 e. The Labute approximate surface area is 45.1 Å². The van der Waals surface area contributed by atoms with Gasteiger partial charge in [-0.3, -0.25) is 5.32 Å². The molecular formula is C2H7N3O3. The van der Waals surface area contributed by atoms with Crippen LogP contribution in [0.3, 0.4) is 0 Å². The van der Waals surface area contributed by atoms with E-state index in [9.17, 15) is 9.59 Å². The van der Waals surface area contributed by atoms with Gasteiger partial charge in [-0.1, -0.05) is 0 Å². The van der Waals surface area contributed by atoms with Gasteiger partial charge in [0.25, 0.3) is 0 Å². The third-order valence-electron chi connectivity index (χ3n) is 0.246. The van der Waals surface area contributed by atoms with Crippen LogP contribution in [0, 0.1) is 0 Å². The Morgan fingerprint density at radius 3 is 1.38 bits per heavy atom. The number of hydrogen-bond acceptors (Lipinski definition) is 2. The molecule has 0 saturated carbocycles. The Bertz CT molecular complexity index is 88.7. The molecule has 6 nitrogen and oxygen atoms in total. The van der Waals surface area contributed by atoms with Crippen molar-refractivity contribution < 1.29 is 15.1 Å². The van der Waals surface area contributed by atoms with E-state index in [1.807, 2.05) is 0 Å². The average Bonchev–Trinajstić information content (AvgIpc) is 1.27. The third kappa shape index (κ3) is 8.83. The molecule has 0 aliphatic rings. The zero-order chi connectivity index (χ0) is 5.86. The number of imide groups is 1. The summed E-state index contributed by atoms with van der Waals surface area (Å²) in [6.45, 7) is 0. The Hall–Kier alpha value is -1.30. The molecule has 0 fully saturated rings. The van der Waals surface area contributed by atoms with Crippen LogP contribution in [0.5, 0.6) is 0 Å². The number of carbonyl (C=O) groups is 2. The Morgan fingerprint density at radius 2 is 1.38 bits per heavy atom. The van der Waals surface area contributed by atoms with Crippen molar-refractivity contribution in [3.63, 3.8) is 0 Å². The van der Waals surface area contributed by atoms with Crippen molar-refractivity contribution in [2.24, 2.45) is 11.5 Å². The summed E-state index contributed by atoms with van der Waals surface area (Å²) in [5.74, 6) is 0. The van der Waals surface area contributed by atoms with Crippen molar-refractivity contribution >= 4 is 12.1 Å². The monoisotopic (exact) mass is 121 g/mol. The SMILES string of the molecule is NC(=O)NC(N)=O.O. The van der Waals surface area contributed by atoms with E-state index in [-0.39, 0.29) is 5.48 Å². The van der Waals surface area contributed by atoms with Gasteiger partial charge in [0.15, 0.2) is 0 Å². The van der Waals surface area contributed by atoms with E-state index in [2.05, 4.69) is 11.5 Å². The molecule has 0 bridgehead atoms. The third-order valence-corrected chi connectivity index (χ3v) is 0.246. The molecule has 4 amide bonds. The highest BCUT2D eigenvalue weighted by atomic mass is 16.2. The second kappa shape index (κ2) is 3.88. The number of nitrogens with one attached hydrogen (secondary N) is 1. The highest BCUT2D eigenvalue weighted by Gasteiger charge is 1.92. The summed E-state index contributed by atoms with van der Waals surface area (Å²) >= 11 is 0. The Kier molecular flexibility index (Phi) is 4.77. The van der Waals surface area contributed by atoms with Crippen molar-refractivity contribution in [1.82, 2.24) is 5.32 Å². The molecule has 0 radical (unpaired) electrons. The molecule has 0 aliphatic carbocycles. The van der Waals surface area contributed by atoms with E-state index in [0.717, 1.165) is 0 Å². The number of hydrogen-bond donors (Lipinski definition) is 3. The van der Waals surface area contributed by atoms with Gasteiger partial charge in [-0.05, 0) is 0 Å². The van der Waals surface area contributed by atoms with Crippen molar-refractivity contribution in [2.75, 3.05) is 0 Å². The van der Waals surface area contributed by atoms with Crippen LogP contribution in [0.25, 0.3) is 0 Å². The van der Waals surface area contributed by atoms with Crippen LogP contribution in [0.2, 0.25) is 0 Å². The highest BCUT2D eigenvalue weighted by Crippen LogP contribution is 1.51. The number of carbonyl (C=O) groups excluding carboxylic acids is 2. The molecule has 0 spiro atoms. The molecule has 0 aromatic heterocycles. The van der Waals surface area contributed by atoms with Crippen molar-refractivity contribution in [3.8, 4) is 0 Å². The van der Waals surface area contributed by atoms with E-state index in [0.29, 0.717) is 0 Å². The average molecular weight is 121 g/mol. The summed E-state index contributed by atoms with van der Waals surface area (Å²) in [5, 5.41) is 1.58. The predicted octanol–water partition coefficient (Wildman–Crippen LogP) is -2.09. The van der Waals surface area contributed by atoms with Gasteiger partial charge in [0.05, 0.1) is 0 Å². The van der Waals surface area contributed by atoms with Gasteiger partial charge in [0.1, 0.15) is 0 Å². The van der Waals surface area contributed by atoms with Gasteiger partial charge >= 0.3 is 12.1 Å². The van der Waals surface area contributed by atoms with Gasteiger partial charge in [0, 0.05) is 0 Å². The molecule has 48 valence electrons. The standard InChI is InChI=1S/C2H5N3O2.H2O/c3-1(6)5-2(4)7;/h(H5,3,4,5,6,7);1H2. The van der Waals surface area contributed by atoms with Gasteiger partial charge in [-0.2, -0.15) is 0 Å². The lowest BCUT2D eigenvalue weighted by Crippen LogP contribution is -2.38. The minimum Gasteiger partial charge on any atom is -0.412 e. The molecule has 0 saturated heterocycles. The second-order valence-electron chi connectivity index (χ2n) is 0.854. The predicted molar refractivity (Wildman–Crippen MR) is 25.9 cm³/mol. The first-order valence-electron chi connectivity index (χ1n) is 1.49. The lowest BCUT2D eigenvalue weighted by Gasteiger charge is -1.88. The second-order valence-corrected chi connectivity index (χ2v) is 0.854. The molecular weight excluding hydrogens is 114 g/mol. The molecule has 6 heteroatoms. The number of nitrogens with two attached hydrogens (primary N) is 2. The molecule has 0 aromatic carbocycles. The lowest BCUT2D eigenvalue weighted by molar-refractivity contribution is 0.236. The van der Waals surface area contributed by atoms with E-state index in [1.165, 1.54) is 0 Å². The number of amides is 4. The van der Waals surface area contributed by atoms with Crippen LogP contribution >= 0.6 is 0 Å². The van der Waals surface area contributed by atoms with Crippen LogP contribution < -0.4 is 16.8 Å². The molecule has 0 aliphatic heterocycles. The summed E-state index contributed by atoms with van der Waals surface area (Å²) in [6, 6.07) is -1.88. The summed E-state index contributed by atoms with van der Waals surface area (Å²) in [7, 11) is 0. The first-order valence-corrected chi connectivity index (χ1v) is 1.49. The topological polar surface area (TPSA) is 130 Å². The van der Waals surface area contributed by atoms with Crippen molar-refractivity contribution in [2.45, 2.75) is 0 Å². The summed E-state index contributed by atoms with van der Waals surface area (Å²) in [5.41, 5.74) is 8.88. The summed E-state index contributed by atoms with van der Waals surface area (Å²) < 4.78 is 0. The molecule has 0 aromatic rings. The zero-order valence-electron chi connectivity index (χ0n) is 3.97. The molecule has 0 rings (SSSR count). The van der Waals surface area contributed by atoms with Crippen LogP contribution in [0.15, 0.2) is 0 Å². The van der Waals surface area contributed by atoms with Gasteiger partial charge in [0.2, 0.25) is 0 Å². The maximum absolute atomic E-state index is 9.62. The summed E-state index contributed by atoms with van der Waals surface area (Å²) in [4.78, 5) is 19.2. The van der Waals surface area contributed by atoms with E-state index >= 15 is 0 Å². The van der Waals surface area contributed by atoms with Crippen molar-refractivity contribution in [3.05, 3.63) is 0 Å². The quantitative estimate of drug-likeness (QED) is 0.339. The molecule has 8 heavy (non-hydrogen) atoms. The fourth-order valence-electron chi connectivity index (χ4n) is 0.121. The Balaban J connectivity index is 0.